The molecule has 2 atom stereocenters. The minimum atomic E-state index is 0.445. The van der Waals surface area contributed by atoms with Crippen LogP contribution in [-0.4, -0.2) is 18.1 Å². The van der Waals surface area contributed by atoms with Crippen molar-refractivity contribution in [2.24, 2.45) is 11.7 Å². The molecule has 3 N–H and O–H groups in total. The molecule has 0 bridgehead atoms. The average Bonchev–Trinajstić information content (AvgIpc) is 3.15. The Labute approximate surface area is 116 Å². The van der Waals surface area contributed by atoms with Gasteiger partial charge in [0.2, 0.25) is 0 Å². The molecule has 2 saturated carbocycles. The van der Waals surface area contributed by atoms with Crippen molar-refractivity contribution in [1.82, 2.24) is 5.32 Å². The van der Waals surface area contributed by atoms with E-state index in [-0.39, 0.29) is 0 Å². The molecule has 0 radical (unpaired) electrons. The lowest BCUT2D eigenvalue weighted by Gasteiger charge is -2.33. The molecule has 3 rings (SSSR count). The van der Waals surface area contributed by atoms with E-state index in [1.54, 1.807) is 5.57 Å². The molecular weight excluding hydrogens is 232 g/mol. The van der Waals surface area contributed by atoms with Gasteiger partial charge in [0.25, 0.3) is 0 Å². The number of hydrogen-bond acceptors (Lipinski definition) is 2. The van der Waals surface area contributed by atoms with E-state index in [2.05, 4.69) is 48.6 Å². The van der Waals surface area contributed by atoms with Gasteiger partial charge in [-0.15, -0.1) is 0 Å². The van der Waals surface area contributed by atoms with Crippen LogP contribution in [0.5, 0.6) is 0 Å². The summed E-state index contributed by atoms with van der Waals surface area (Å²) in [5, 5.41) is 3.75. The van der Waals surface area contributed by atoms with Gasteiger partial charge in [0.1, 0.15) is 0 Å². The molecule has 2 nitrogen and oxygen atoms in total. The second-order valence-electron chi connectivity index (χ2n) is 6.03. The molecule has 2 aliphatic carbocycles. The Hall–Kier alpha value is -1.12. The summed E-state index contributed by atoms with van der Waals surface area (Å²) in [4.78, 5) is 0. The average molecular weight is 256 g/mol. The molecule has 2 fully saturated rings. The lowest BCUT2D eigenvalue weighted by molar-refractivity contribution is 0.287. The summed E-state index contributed by atoms with van der Waals surface area (Å²) in [6, 6.07) is 12.5. The van der Waals surface area contributed by atoms with Gasteiger partial charge in [-0.05, 0) is 37.2 Å². The van der Waals surface area contributed by atoms with Crippen molar-refractivity contribution in [3.8, 4) is 0 Å². The molecule has 0 saturated heterocycles. The zero-order valence-corrected chi connectivity index (χ0v) is 11.7. The topological polar surface area (TPSA) is 38.0 Å². The van der Waals surface area contributed by atoms with Crippen LogP contribution in [0.1, 0.15) is 38.2 Å². The van der Waals surface area contributed by atoms with E-state index in [4.69, 9.17) is 5.73 Å². The van der Waals surface area contributed by atoms with Gasteiger partial charge in [-0.25, -0.2) is 0 Å². The Bertz CT molecular complexity index is 446. The monoisotopic (exact) mass is 256 g/mol. The van der Waals surface area contributed by atoms with Gasteiger partial charge >= 0.3 is 0 Å². The Balaban J connectivity index is 1.57. The van der Waals surface area contributed by atoms with Gasteiger partial charge in [-0.1, -0.05) is 48.9 Å². The first-order chi connectivity index (χ1) is 9.26. The summed E-state index contributed by atoms with van der Waals surface area (Å²) in [5.41, 5.74) is 8.76. The van der Waals surface area contributed by atoms with Crippen LogP contribution in [0.25, 0.3) is 6.08 Å². The molecule has 19 heavy (non-hydrogen) atoms. The Morgan fingerprint density at radius 2 is 2.00 bits per heavy atom. The predicted molar refractivity (Wildman–Crippen MR) is 80.7 cm³/mol. The van der Waals surface area contributed by atoms with Gasteiger partial charge < -0.3 is 11.1 Å². The highest BCUT2D eigenvalue weighted by atomic mass is 15.0. The Morgan fingerprint density at radius 3 is 2.63 bits per heavy atom. The highest BCUT2D eigenvalue weighted by Crippen LogP contribution is 2.41. The highest BCUT2D eigenvalue weighted by Gasteiger charge is 2.41. The minimum Gasteiger partial charge on any atom is -0.328 e. The van der Waals surface area contributed by atoms with Crippen molar-refractivity contribution < 1.29 is 0 Å². The van der Waals surface area contributed by atoms with E-state index in [0.717, 1.165) is 25.2 Å². The van der Waals surface area contributed by atoms with Gasteiger partial charge in [0, 0.05) is 18.1 Å². The number of nitrogens with one attached hydrogen (secondary N) is 1. The summed E-state index contributed by atoms with van der Waals surface area (Å²) in [7, 11) is 0. The molecule has 1 aromatic rings. The van der Waals surface area contributed by atoms with Gasteiger partial charge in [-0.3, -0.25) is 0 Å². The summed E-state index contributed by atoms with van der Waals surface area (Å²) in [6.45, 7) is 2.27. The van der Waals surface area contributed by atoms with E-state index in [0.29, 0.717) is 18.1 Å². The molecule has 0 amide bonds. The first-order valence-electron chi connectivity index (χ1n) is 7.53. The Morgan fingerprint density at radius 1 is 1.26 bits per heavy atom. The molecule has 0 aliphatic heterocycles. The molecule has 0 aromatic heterocycles. The molecule has 1 aromatic carbocycles. The standard InChI is InChI=1S/C17H24N2/c1-2-13(8-12-6-4-3-5-7-12)16-11-17(16)19-15-9-14(18)10-15/h3-8,14-17,19H,2,9-11,18H2,1H3/t14?,15?,16?,17-/m0/s1. The molecule has 2 aliphatic rings. The third-order valence-corrected chi connectivity index (χ3v) is 4.45. The molecule has 0 spiro atoms. The second-order valence-corrected chi connectivity index (χ2v) is 6.03. The van der Waals surface area contributed by atoms with Crippen LogP contribution in [0.4, 0.5) is 0 Å². The number of nitrogens with two attached hydrogens (primary N) is 1. The second kappa shape index (κ2) is 5.48. The Kier molecular flexibility index (Phi) is 3.72. The predicted octanol–water partition coefficient (Wildman–Crippen LogP) is 2.95. The third-order valence-electron chi connectivity index (χ3n) is 4.45. The molecule has 1 unspecified atom stereocenters. The van der Waals surface area contributed by atoms with Gasteiger partial charge in [0.05, 0.1) is 0 Å². The molecular formula is C17H24N2. The summed E-state index contributed by atoms with van der Waals surface area (Å²) < 4.78 is 0. The smallest absolute Gasteiger partial charge is 0.0142 e. The first-order valence-corrected chi connectivity index (χ1v) is 7.53. The maximum atomic E-state index is 5.84. The van der Waals surface area contributed by atoms with E-state index in [9.17, 15) is 0 Å². The quantitative estimate of drug-likeness (QED) is 0.850. The molecule has 0 heterocycles. The number of hydrogen-bond donors (Lipinski definition) is 2. The fourth-order valence-electron chi connectivity index (χ4n) is 3.12. The summed E-state index contributed by atoms with van der Waals surface area (Å²) in [5.74, 6) is 0.752. The highest BCUT2D eigenvalue weighted by molar-refractivity contribution is 5.54. The van der Waals surface area contributed by atoms with Crippen molar-refractivity contribution in [2.45, 2.75) is 50.7 Å². The van der Waals surface area contributed by atoms with Crippen molar-refractivity contribution in [2.75, 3.05) is 0 Å². The maximum absolute atomic E-state index is 5.84. The van der Waals surface area contributed by atoms with E-state index >= 15 is 0 Å². The maximum Gasteiger partial charge on any atom is 0.0142 e. The number of rotatable bonds is 5. The molecule has 102 valence electrons. The van der Waals surface area contributed by atoms with E-state index < -0.39 is 0 Å². The SMILES string of the molecule is CCC(=Cc1ccccc1)C1C[C@@H]1NC1CC(N)C1. The zero-order valence-electron chi connectivity index (χ0n) is 11.7. The third kappa shape index (κ3) is 3.07. The summed E-state index contributed by atoms with van der Waals surface area (Å²) >= 11 is 0. The van der Waals surface area contributed by atoms with Gasteiger partial charge in [-0.2, -0.15) is 0 Å². The van der Waals surface area contributed by atoms with Crippen LogP contribution >= 0.6 is 0 Å². The fourth-order valence-corrected chi connectivity index (χ4v) is 3.12. The number of benzene rings is 1. The fraction of sp³-hybridized carbons (Fsp3) is 0.529. The van der Waals surface area contributed by atoms with Crippen LogP contribution in [0.15, 0.2) is 35.9 Å². The van der Waals surface area contributed by atoms with Crippen LogP contribution in [-0.2, 0) is 0 Å². The van der Waals surface area contributed by atoms with Crippen LogP contribution in [0, 0.1) is 5.92 Å². The van der Waals surface area contributed by atoms with E-state index in [1.165, 1.54) is 12.0 Å². The largest absolute Gasteiger partial charge is 0.328 e. The normalized spacial score (nSPS) is 33.9. The van der Waals surface area contributed by atoms with Gasteiger partial charge in [0.15, 0.2) is 0 Å². The lowest BCUT2D eigenvalue weighted by Crippen LogP contribution is -2.49. The van der Waals surface area contributed by atoms with Crippen molar-refractivity contribution in [3.05, 3.63) is 41.5 Å². The zero-order chi connectivity index (χ0) is 13.2. The van der Waals surface area contributed by atoms with Crippen LogP contribution in [0.2, 0.25) is 0 Å². The van der Waals surface area contributed by atoms with Crippen molar-refractivity contribution >= 4 is 6.08 Å². The van der Waals surface area contributed by atoms with Crippen LogP contribution in [0.3, 0.4) is 0 Å². The summed E-state index contributed by atoms with van der Waals surface area (Å²) in [6.07, 6.45) is 7.15. The van der Waals surface area contributed by atoms with E-state index in [1.807, 2.05) is 0 Å². The minimum absolute atomic E-state index is 0.445. The van der Waals surface area contributed by atoms with Crippen LogP contribution < -0.4 is 11.1 Å². The molecule has 2 heteroatoms. The van der Waals surface area contributed by atoms with Crippen molar-refractivity contribution in [1.29, 1.82) is 0 Å². The first kappa shape index (κ1) is 12.9. The van der Waals surface area contributed by atoms with Crippen molar-refractivity contribution in [3.63, 3.8) is 0 Å². The lowest BCUT2D eigenvalue weighted by atomic mass is 9.87.